The number of hydrogen-bond acceptors (Lipinski definition) is 2. The molecule has 2 aliphatic rings. The van der Waals surface area contributed by atoms with Gasteiger partial charge in [-0.05, 0) is 37.1 Å². The van der Waals surface area contributed by atoms with Crippen LogP contribution in [0.3, 0.4) is 0 Å². The summed E-state index contributed by atoms with van der Waals surface area (Å²) < 4.78 is 5.21. The van der Waals surface area contributed by atoms with Gasteiger partial charge in [-0.15, -0.1) is 0 Å². The van der Waals surface area contributed by atoms with Gasteiger partial charge in [-0.25, -0.2) is 0 Å². The Morgan fingerprint density at radius 2 is 1.47 bits per heavy atom. The third-order valence-corrected chi connectivity index (χ3v) is 2.84. The average molecular weight is 205 g/mol. The van der Waals surface area contributed by atoms with Crippen molar-refractivity contribution in [2.45, 2.75) is 32.5 Å². The Morgan fingerprint density at radius 1 is 0.867 bits per heavy atom. The first kappa shape index (κ1) is 10.7. The van der Waals surface area contributed by atoms with E-state index in [4.69, 9.17) is 4.74 Å². The molecule has 0 spiro atoms. The van der Waals surface area contributed by atoms with Crippen molar-refractivity contribution in [3.63, 3.8) is 0 Å². The van der Waals surface area contributed by atoms with Gasteiger partial charge in [0, 0.05) is 0 Å². The Balaban J connectivity index is 0.000000124. The lowest BCUT2D eigenvalue weighted by molar-refractivity contribution is 0.134. The normalized spacial score (nSPS) is 18.9. The summed E-state index contributed by atoms with van der Waals surface area (Å²) in [7, 11) is 0. The van der Waals surface area contributed by atoms with E-state index in [9.17, 15) is 0 Å². The summed E-state index contributed by atoms with van der Waals surface area (Å²) in [4.78, 5) is 0. The van der Waals surface area contributed by atoms with Crippen molar-refractivity contribution in [1.29, 1.82) is 0 Å². The van der Waals surface area contributed by atoms with Gasteiger partial charge in [0.05, 0.1) is 13.2 Å². The molecule has 0 amide bonds. The van der Waals surface area contributed by atoms with Crippen molar-refractivity contribution in [2.75, 3.05) is 13.1 Å². The summed E-state index contributed by atoms with van der Waals surface area (Å²) in [5.41, 5.74) is 2.69. The van der Waals surface area contributed by atoms with Crippen LogP contribution in [0.25, 0.3) is 0 Å². The number of hydrogen-bond donors (Lipinski definition) is 1. The summed E-state index contributed by atoms with van der Waals surface area (Å²) in [6.07, 6.45) is 4.22. The molecule has 1 aromatic rings. The zero-order valence-electron chi connectivity index (χ0n) is 9.17. The lowest BCUT2D eigenvalue weighted by atomic mass is 10.1. The Labute approximate surface area is 91.6 Å². The molecule has 0 atom stereocenters. The molecule has 0 saturated carbocycles. The minimum Gasteiger partial charge on any atom is -0.372 e. The third kappa shape index (κ3) is 3.33. The van der Waals surface area contributed by atoms with Gasteiger partial charge < -0.3 is 10.1 Å². The van der Waals surface area contributed by atoms with Crippen LogP contribution in [0.1, 0.15) is 30.4 Å². The Hall–Kier alpha value is -0.860. The van der Waals surface area contributed by atoms with E-state index in [-0.39, 0.29) is 0 Å². The highest BCUT2D eigenvalue weighted by Crippen LogP contribution is 2.17. The van der Waals surface area contributed by atoms with Crippen LogP contribution in [0.15, 0.2) is 24.3 Å². The molecule has 82 valence electrons. The standard InChI is InChI=1S/C8H8O.C5H11N/c1-2-4-8-6-9-5-7(8)3-1;1-2-4-6-5-3-1/h1-4H,5-6H2;6H,1-5H2. The molecule has 0 aliphatic carbocycles. The molecule has 3 rings (SSSR count). The van der Waals surface area contributed by atoms with Crippen LogP contribution in [0, 0.1) is 0 Å². The molecule has 0 radical (unpaired) electrons. The van der Waals surface area contributed by atoms with Gasteiger partial charge in [0.2, 0.25) is 0 Å². The molecule has 0 aromatic heterocycles. The smallest absolute Gasteiger partial charge is 0.0724 e. The van der Waals surface area contributed by atoms with Crippen LogP contribution in [0.2, 0.25) is 0 Å². The number of ether oxygens (including phenoxy) is 1. The molecule has 1 N–H and O–H groups in total. The first-order valence-corrected chi connectivity index (χ1v) is 5.82. The van der Waals surface area contributed by atoms with Crippen molar-refractivity contribution in [3.8, 4) is 0 Å². The largest absolute Gasteiger partial charge is 0.372 e. The van der Waals surface area contributed by atoms with Crippen LogP contribution in [-0.4, -0.2) is 13.1 Å². The summed E-state index contributed by atoms with van der Waals surface area (Å²) in [6.45, 7) is 4.10. The van der Waals surface area contributed by atoms with Gasteiger partial charge in [0.25, 0.3) is 0 Å². The molecule has 15 heavy (non-hydrogen) atoms. The minimum absolute atomic E-state index is 0.802. The minimum atomic E-state index is 0.802. The van der Waals surface area contributed by atoms with Crippen molar-refractivity contribution in [2.24, 2.45) is 0 Å². The third-order valence-electron chi connectivity index (χ3n) is 2.84. The Kier molecular flexibility index (Phi) is 4.18. The van der Waals surface area contributed by atoms with Crippen molar-refractivity contribution < 1.29 is 4.74 Å². The van der Waals surface area contributed by atoms with Crippen molar-refractivity contribution in [3.05, 3.63) is 35.4 Å². The zero-order chi connectivity index (χ0) is 10.3. The summed E-state index contributed by atoms with van der Waals surface area (Å²) in [5, 5.41) is 3.28. The topological polar surface area (TPSA) is 21.3 Å². The van der Waals surface area contributed by atoms with Crippen molar-refractivity contribution >= 4 is 0 Å². The van der Waals surface area contributed by atoms with E-state index < -0.39 is 0 Å². The van der Waals surface area contributed by atoms with E-state index in [1.165, 1.54) is 43.5 Å². The SMILES string of the molecule is C1CCNCC1.c1ccc2c(c1)COC2. The second-order valence-corrected chi connectivity index (χ2v) is 4.07. The zero-order valence-corrected chi connectivity index (χ0v) is 9.17. The van der Waals surface area contributed by atoms with Crippen LogP contribution in [0.5, 0.6) is 0 Å². The van der Waals surface area contributed by atoms with Gasteiger partial charge in [-0.1, -0.05) is 30.7 Å². The fraction of sp³-hybridized carbons (Fsp3) is 0.538. The molecular formula is C13H19NO. The number of nitrogens with one attached hydrogen (secondary N) is 1. The van der Waals surface area contributed by atoms with Gasteiger partial charge in [-0.3, -0.25) is 0 Å². The average Bonchev–Trinajstić information content (AvgIpc) is 2.80. The number of fused-ring (bicyclic) bond motifs is 1. The molecule has 1 saturated heterocycles. The van der Waals surface area contributed by atoms with E-state index >= 15 is 0 Å². The summed E-state index contributed by atoms with van der Waals surface area (Å²) >= 11 is 0. The van der Waals surface area contributed by atoms with Crippen LogP contribution >= 0.6 is 0 Å². The van der Waals surface area contributed by atoms with E-state index in [0.717, 1.165) is 13.2 Å². The van der Waals surface area contributed by atoms with Crippen LogP contribution in [-0.2, 0) is 18.0 Å². The molecule has 2 nitrogen and oxygen atoms in total. The second kappa shape index (κ2) is 5.89. The molecule has 0 bridgehead atoms. The highest BCUT2D eigenvalue weighted by atomic mass is 16.5. The fourth-order valence-electron chi connectivity index (χ4n) is 1.91. The van der Waals surface area contributed by atoms with Crippen LogP contribution < -0.4 is 5.32 Å². The number of rotatable bonds is 0. The maximum absolute atomic E-state index is 5.21. The van der Waals surface area contributed by atoms with E-state index in [1.54, 1.807) is 0 Å². The van der Waals surface area contributed by atoms with Gasteiger partial charge in [-0.2, -0.15) is 0 Å². The predicted molar refractivity (Wildman–Crippen MR) is 61.7 cm³/mol. The summed E-state index contributed by atoms with van der Waals surface area (Å²) in [5.74, 6) is 0. The quantitative estimate of drug-likeness (QED) is 0.702. The molecule has 1 fully saturated rings. The van der Waals surface area contributed by atoms with Crippen LogP contribution in [0.4, 0.5) is 0 Å². The second-order valence-electron chi connectivity index (χ2n) is 4.07. The number of piperidine rings is 1. The lowest BCUT2D eigenvalue weighted by Gasteiger charge is -2.08. The monoisotopic (exact) mass is 205 g/mol. The Bertz CT molecular complexity index is 260. The van der Waals surface area contributed by atoms with Gasteiger partial charge >= 0.3 is 0 Å². The predicted octanol–water partition coefficient (Wildman–Crippen LogP) is 2.48. The van der Waals surface area contributed by atoms with Crippen molar-refractivity contribution in [1.82, 2.24) is 5.32 Å². The van der Waals surface area contributed by atoms with Gasteiger partial charge in [0.15, 0.2) is 0 Å². The molecule has 2 heterocycles. The maximum atomic E-state index is 5.21. The highest BCUT2D eigenvalue weighted by Gasteiger charge is 2.07. The maximum Gasteiger partial charge on any atom is 0.0724 e. The fourth-order valence-corrected chi connectivity index (χ4v) is 1.91. The molecule has 0 unspecified atom stereocenters. The van der Waals surface area contributed by atoms with E-state index in [1.807, 2.05) is 12.1 Å². The molecule has 2 aliphatic heterocycles. The Morgan fingerprint density at radius 3 is 1.87 bits per heavy atom. The lowest BCUT2D eigenvalue weighted by Crippen LogP contribution is -2.21. The first-order chi connectivity index (χ1) is 7.47. The highest BCUT2D eigenvalue weighted by molar-refractivity contribution is 5.27. The summed E-state index contributed by atoms with van der Waals surface area (Å²) in [6, 6.07) is 8.33. The molecule has 2 heteroatoms. The van der Waals surface area contributed by atoms with E-state index in [0.29, 0.717) is 0 Å². The van der Waals surface area contributed by atoms with Gasteiger partial charge in [0.1, 0.15) is 0 Å². The number of benzene rings is 1. The first-order valence-electron chi connectivity index (χ1n) is 5.82. The molecular weight excluding hydrogens is 186 g/mol. The molecule has 1 aromatic carbocycles. The van der Waals surface area contributed by atoms with E-state index in [2.05, 4.69) is 17.4 Å².